The number of halogens is 1. The molecule has 5 nitrogen and oxygen atoms in total. The monoisotopic (exact) mass is 354 g/mol. The summed E-state index contributed by atoms with van der Waals surface area (Å²) in [5.41, 5.74) is 5.27. The number of hydrazone groups is 1. The molecule has 4 rings (SSSR count). The van der Waals surface area contributed by atoms with Gasteiger partial charge < -0.3 is 17.9 Å². The van der Waals surface area contributed by atoms with Gasteiger partial charge in [0, 0.05) is 0 Å². The molecule has 0 saturated carbocycles. The lowest BCUT2D eigenvalue weighted by Crippen LogP contribution is -3.00. The summed E-state index contributed by atoms with van der Waals surface area (Å²) in [4.78, 5) is 0. The largest absolute Gasteiger partial charge is 1.00 e. The van der Waals surface area contributed by atoms with E-state index < -0.39 is 0 Å². The second-order valence-electron chi connectivity index (χ2n) is 5.29. The predicted octanol–water partition coefficient (Wildman–Crippen LogP) is -1.05. The van der Waals surface area contributed by atoms with E-state index in [1.54, 1.807) is 0 Å². The maximum absolute atomic E-state index is 4.81. The molecule has 128 valence electrons. The minimum Gasteiger partial charge on any atom is -1.00 e. The second kappa shape index (κ2) is 8.30. The van der Waals surface area contributed by atoms with Crippen LogP contribution in [-0.2, 0) is 0 Å². The Bertz CT molecular complexity index is 813. The molecular weight excluding hydrogens is 336 g/mol. The van der Waals surface area contributed by atoms with E-state index in [-0.39, 0.29) is 17.9 Å². The summed E-state index contributed by atoms with van der Waals surface area (Å²) in [6, 6.07) is 30.6. The number of anilines is 2. The highest BCUT2D eigenvalue weighted by Crippen LogP contribution is 2.22. The number of nitrogens with two attached hydrogens (primary N) is 1. The topological polar surface area (TPSA) is 67.0 Å². The molecule has 0 radical (unpaired) electrons. The van der Waals surface area contributed by atoms with Crippen molar-refractivity contribution in [2.75, 3.05) is 10.2 Å². The number of hydrogen-bond donors (Lipinski definition) is 1. The predicted molar refractivity (Wildman–Crippen MR) is 96.4 cm³/mol. The summed E-state index contributed by atoms with van der Waals surface area (Å²) in [6.45, 7) is 0. The number of nitrogens with zero attached hydrogens (tertiary/aromatic N) is 3. The van der Waals surface area contributed by atoms with Crippen LogP contribution in [0.4, 0.5) is 11.4 Å². The third-order valence-electron chi connectivity index (χ3n) is 3.73. The second-order valence-corrected chi connectivity index (χ2v) is 5.29. The quantitative estimate of drug-likeness (QED) is 0.610. The molecule has 0 atom stereocenters. The van der Waals surface area contributed by atoms with E-state index in [1.165, 1.54) is 0 Å². The Kier molecular flexibility index (Phi) is 6.14. The Balaban J connectivity index is 0.00000113. The summed E-state index contributed by atoms with van der Waals surface area (Å²) >= 11 is 0. The molecule has 1 heterocycles. The average Bonchev–Trinajstić information content (AvgIpc) is 3.09. The van der Waals surface area contributed by atoms with Crippen molar-refractivity contribution in [2.45, 2.75) is 0 Å². The van der Waals surface area contributed by atoms with Crippen molar-refractivity contribution >= 4 is 17.2 Å². The van der Waals surface area contributed by atoms with Gasteiger partial charge in [0.15, 0.2) is 0 Å². The molecule has 1 aliphatic heterocycles. The van der Waals surface area contributed by atoms with Gasteiger partial charge in [-0.05, 0) is 36.4 Å². The first-order valence-electron chi connectivity index (χ1n) is 7.60. The molecule has 0 bridgehead atoms. The van der Waals surface area contributed by atoms with Crippen molar-refractivity contribution in [3.05, 3.63) is 96.6 Å². The fraction of sp³-hybridized carbons (Fsp3) is 0. The first-order chi connectivity index (χ1) is 11.4. The van der Waals surface area contributed by atoms with Crippen molar-refractivity contribution < 1.29 is 23.3 Å². The summed E-state index contributed by atoms with van der Waals surface area (Å²) in [5, 5.41) is 8.80. The summed E-state index contributed by atoms with van der Waals surface area (Å²) < 4.78 is 0. The Morgan fingerprint density at radius 2 is 1.12 bits per heavy atom. The number of hydrogen-bond acceptors (Lipinski definition) is 3. The lowest BCUT2D eigenvalue weighted by Gasteiger charge is -2.23. The lowest BCUT2D eigenvalue weighted by molar-refractivity contribution is -0.545. The van der Waals surface area contributed by atoms with Crippen LogP contribution in [-0.4, -0.2) is 11.3 Å². The average molecular weight is 355 g/mol. The fourth-order valence-electron chi connectivity index (χ4n) is 2.60. The maximum atomic E-state index is 4.81. The number of para-hydroxylation sites is 2. The van der Waals surface area contributed by atoms with Crippen molar-refractivity contribution in [3.63, 3.8) is 0 Å². The minimum atomic E-state index is 0. The minimum absolute atomic E-state index is 0. The normalized spacial score (nSPS) is 12.9. The van der Waals surface area contributed by atoms with Crippen LogP contribution in [0.1, 0.15) is 5.56 Å². The third kappa shape index (κ3) is 3.80. The molecule has 3 aromatic carbocycles. The van der Waals surface area contributed by atoms with Crippen molar-refractivity contribution in [2.24, 2.45) is 5.10 Å². The zero-order valence-corrected chi connectivity index (χ0v) is 14.2. The molecular formula is C19H19ClN4O. The smallest absolute Gasteiger partial charge is 0.277 e. The highest BCUT2D eigenvalue weighted by molar-refractivity contribution is 5.93. The summed E-state index contributed by atoms with van der Waals surface area (Å²) in [7, 11) is 0. The number of rotatable bonds is 3. The first kappa shape index (κ1) is 18.5. The molecule has 3 aromatic rings. The molecule has 4 N–H and O–H groups in total. The van der Waals surface area contributed by atoms with Crippen LogP contribution in [0.2, 0.25) is 0 Å². The van der Waals surface area contributed by atoms with Gasteiger partial charge in [-0.1, -0.05) is 59.7 Å². The van der Waals surface area contributed by atoms with Gasteiger partial charge in [0.05, 0.1) is 11.3 Å². The van der Waals surface area contributed by atoms with Crippen LogP contribution in [0, 0.1) is 0 Å². The fourth-order valence-corrected chi connectivity index (χ4v) is 2.60. The van der Waals surface area contributed by atoms with E-state index in [1.807, 2.05) is 59.7 Å². The number of quaternary nitrogens is 1. The zero-order valence-electron chi connectivity index (χ0n) is 13.5. The van der Waals surface area contributed by atoms with E-state index in [4.69, 9.17) is 5.10 Å². The van der Waals surface area contributed by atoms with Gasteiger partial charge in [-0.3, -0.25) is 0 Å². The molecule has 0 aromatic heterocycles. The van der Waals surface area contributed by atoms with Gasteiger partial charge in [0.25, 0.3) is 5.84 Å². The van der Waals surface area contributed by atoms with E-state index in [0.29, 0.717) is 0 Å². The Morgan fingerprint density at radius 3 is 1.68 bits per heavy atom. The van der Waals surface area contributed by atoms with Crippen LogP contribution in [0.15, 0.2) is 96.1 Å². The molecule has 0 saturated heterocycles. The van der Waals surface area contributed by atoms with Crippen LogP contribution in [0.5, 0.6) is 0 Å². The van der Waals surface area contributed by atoms with Crippen molar-refractivity contribution in [1.82, 2.24) is 0 Å². The molecule has 6 heteroatoms. The van der Waals surface area contributed by atoms with E-state index >= 15 is 0 Å². The van der Waals surface area contributed by atoms with Crippen LogP contribution < -0.4 is 28.1 Å². The van der Waals surface area contributed by atoms with E-state index in [2.05, 4.69) is 46.9 Å². The van der Waals surface area contributed by atoms with Crippen molar-refractivity contribution in [3.8, 4) is 0 Å². The summed E-state index contributed by atoms with van der Waals surface area (Å²) in [6.07, 6.45) is 0. The molecule has 0 spiro atoms. The Morgan fingerprint density at radius 1 is 0.640 bits per heavy atom. The van der Waals surface area contributed by atoms with Crippen molar-refractivity contribution in [1.29, 1.82) is 0 Å². The van der Waals surface area contributed by atoms with Crippen LogP contribution in [0.3, 0.4) is 0 Å². The third-order valence-corrected chi connectivity index (χ3v) is 3.73. The highest BCUT2D eigenvalue weighted by atomic mass is 35.5. The molecule has 0 fully saturated rings. The van der Waals surface area contributed by atoms with E-state index in [9.17, 15) is 0 Å². The Hall–Kier alpha value is -2.86. The molecule has 25 heavy (non-hydrogen) atoms. The van der Waals surface area contributed by atoms with Gasteiger partial charge in [-0.2, -0.15) is 5.43 Å². The van der Waals surface area contributed by atoms with Gasteiger partial charge in [0.2, 0.25) is 0 Å². The van der Waals surface area contributed by atoms with Gasteiger partial charge in [0.1, 0.15) is 5.69 Å². The molecule has 0 amide bonds. The van der Waals surface area contributed by atoms with Gasteiger partial charge >= 0.3 is 0 Å². The molecule has 0 unspecified atom stereocenters. The van der Waals surface area contributed by atoms with Crippen LogP contribution in [0.25, 0.3) is 0 Å². The SMILES string of the molecule is O.[Cl-].c1ccc(C2=NN(c3ccccc3)N(c3ccccc3)[NH2+]2)cc1. The number of benzene rings is 3. The zero-order chi connectivity index (χ0) is 15.5. The summed E-state index contributed by atoms with van der Waals surface area (Å²) in [5.74, 6) is 0.943. The first-order valence-corrected chi connectivity index (χ1v) is 7.60. The Labute approximate surface area is 152 Å². The van der Waals surface area contributed by atoms with Crippen LogP contribution >= 0.6 is 0 Å². The molecule has 0 aliphatic carbocycles. The van der Waals surface area contributed by atoms with Gasteiger partial charge in [-0.15, -0.1) is 10.2 Å². The maximum Gasteiger partial charge on any atom is 0.277 e. The molecule has 1 aliphatic rings. The number of hydrazine groups is 1. The van der Waals surface area contributed by atoms with E-state index in [0.717, 1.165) is 22.8 Å². The lowest BCUT2D eigenvalue weighted by atomic mass is 10.2. The highest BCUT2D eigenvalue weighted by Gasteiger charge is 2.30. The number of amidine groups is 1. The standard InChI is InChI=1S/C19H16N4.ClH.H2O/c1-4-10-16(11-5-1)19-20-22(17-12-6-2-7-13-17)23(21-19)18-14-8-3-9-15-18;;/h1-15H,(H,20,21);1H;1H2. The van der Waals surface area contributed by atoms with Gasteiger partial charge in [-0.25, -0.2) is 0 Å².